The Morgan fingerprint density at radius 1 is 0.742 bits per heavy atom. The second-order valence-corrected chi connectivity index (χ2v) is 9.19. The molecule has 10 heteroatoms. The molecule has 180 valence electrons. The van der Waals surface area contributed by atoms with Gasteiger partial charge in [0.05, 0.1) is 0 Å². The molecule has 0 radical (unpaired) electrons. The lowest BCUT2D eigenvalue weighted by Crippen LogP contribution is -2.38. The third-order valence-electron chi connectivity index (χ3n) is 3.68. The first-order valence-corrected chi connectivity index (χ1v) is 10.6. The summed E-state index contributed by atoms with van der Waals surface area (Å²) in [7, 11) is 0. The molecule has 0 saturated heterocycles. The minimum absolute atomic E-state index is 0.0695. The molecule has 0 unspecified atom stereocenters. The first-order valence-electron chi connectivity index (χ1n) is 10.6. The molecule has 0 aromatic carbocycles. The predicted molar refractivity (Wildman–Crippen MR) is 116 cm³/mol. The van der Waals surface area contributed by atoms with E-state index < -0.39 is 29.4 Å². The maximum Gasteiger partial charge on any atom is 0.407 e. The Hall–Kier alpha value is -2.52. The summed E-state index contributed by atoms with van der Waals surface area (Å²) in [6, 6.07) is 0. The van der Waals surface area contributed by atoms with Crippen molar-refractivity contribution in [3.63, 3.8) is 0 Å². The number of alkyl carbamates (subject to hydrolysis) is 2. The third kappa shape index (κ3) is 18.0. The molecule has 0 fully saturated rings. The molecular formula is C21H39N3O7. The third-order valence-corrected chi connectivity index (χ3v) is 3.68. The molecule has 0 heterocycles. The normalized spacial score (nSPS) is 11.4. The molecule has 0 aliphatic rings. The number of ether oxygens (including phenoxy) is 2. The van der Waals surface area contributed by atoms with E-state index in [0.717, 1.165) is 0 Å². The molecule has 0 bridgehead atoms. The number of hydrogen-bond donors (Lipinski definition) is 3. The molecule has 0 spiro atoms. The van der Waals surface area contributed by atoms with Crippen LogP contribution >= 0.6 is 0 Å². The van der Waals surface area contributed by atoms with E-state index >= 15 is 0 Å². The van der Waals surface area contributed by atoms with Crippen molar-refractivity contribution < 1.29 is 33.8 Å². The van der Waals surface area contributed by atoms with Crippen molar-refractivity contribution in [3.8, 4) is 0 Å². The molecule has 31 heavy (non-hydrogen) atoms. The van der Waals surface area contributed by atoms with Crippen molar-refractivity contribution in [2.75, 3.05) is 26.2 Å². The maximum atomic E-state index is 12.5. The van der Waals surface area contributed by atoms with Gasteiger partial charge in [0.25, 0.3) is 0 Å². The van der Waals surface area contributed by atoms with E-state index in [2.05, 4.69) is 10.6 Å². The fourth-order valence-electron chi connectivity index (χ4n) is 2.46. The van der Waals surface area contributed by atoms with Crippen molar-refractivity contribution >= 4 is 24.1 Å². The maximum absolute atomic E-state index is 12.5. The van der Waals surface area contributed by atoms with Crippen LogP contribution in [0.25, 0.3) is 0 Å². The molecule has 0 aromatic heterocycles. The molecule has 0 aliphatic carbocycles. The van der Waals surface area contributed by atoms with Crippen LogP contribution < -0.4 is 10.6 Å². The Labute approximate surface area is 185 Å². The highest BCUT2D eigenvalue weighted by atomic mass is 16.6. The van der Waals surface area contributed by atoms with Gasteiger partial charge in [0.2, 0.25) is 5.91 Å². The van der Waals surface area contributed by atoms with Crippen molar-refractivity contribution in [2.24, 2.45) is 0 Å². The average Bonchev–Trinajstić information content (AvgIpc) is 2.56. The Bertz CT molecular complexity index is 559. The lowest BCUT2D eigenvalue weighted by atomic mass is 10.2. The first kappa shape index (κ1) is 28.5. The van der Waals surface area contributed by atoms with Crippen LogP contribution in [0.5, 0.6) is 0 Å². The highest BCUT2D eigenvalue weighted by Crippen LogP contribution is 2.08. The second kappa shape index (κ2) is 13.7. The van der Waals surface area contributed by atoms with Gasteiger partial charge in [0.1, 0.15) is 11.2 Å². The van der Waals surface area contributed by atoms with E-state index in [9.17, 15) is 19.2 Å². The molecule has 0 rings (SSSR count). The van der Waals surface area contributed by atoms with E-state index in [1.807, 2.05) is 0 Å². The predicted octanol–water partition coefficient (Wildman–Crippen LogP) is 2.90. The van der Waals surface area contributed by atoms with Gasteiger partial charge in [-0.05, 0) is 60.8 Å². The van der Waals surface area contributed by atoms with Crippen molar-refractivity contribution in [3.05, 3.63) is 0 Å². The second-order valence-electron chi connectivity index (χ2n) is 9.19. The SMILES string of the molecule is CC(C)(C)OC(=O)NCCCN(CCCNC(=O)OC(C)(C)C)C(=O)CCCC(=O)O. The molecule has 0 atom stereocenters. The van der Waals surface area contributed by atoms with E-state index in [1.54, 1.807) is 46.4 Å². The first-order chi connectivity index (χ1) is 14.2. The van der Waals surface area contributed by atoms with Crippen LogP contribution in [-0.4, -0.2) is 71.5 Å². The van der Waals surface area contributed by atoms with Crippen molar-refractivity contribution in [2.45, 2.75) is 84.8 Å². The number of nitrogens with zero attached hydrogens (tertiary/aromatic N) is 1. The fourth-order valence-corrected chi connectivity index (χ4v) is 2.46. The lowest BCUT2D eigenvalue weighted by Gasteiger charge is -2.24. The molecular weight excluding hydrogens is 406 g/mol. The number of rotatable bonds is 12. The van der Waals surface area contributed by atoms with Crippen LogP contribution in [0.1, 0.15) is 73.6 Å². The van der Waals surface area contributed by atoms with Crippen molar-refractivity contribution in [1.29, 1.82) is 0 Å². The van der Waals surface area contributed by atoms with Crippen LogP contribution in [0.15, 0.2) is 0 Å². The van der Waals surface area contributed by atoms with Gasteiger partial charge < -0.3 is 30.1 Å². The number of carbonyl (C=O) groups is 4. The fraction of sp³-hybridized carbons (Fsp3) is 0.810. The Morgan fingerprint density at radius 3 is 1.52 bits per heavy atom. The zero-order valence-corrected chi connectivity index (χ0v) is 19.7. The largest absolute Gasteiger partial charge is 0.481 e. The summed E-state index contributed by atoms with van der Waals surface area (Å²) in [5, 5.41) is 14.0. The summed E-state index contributed by atoms with van der Waals surface area (Å²) < 4.78 is 10.3. The van der Waals surface area contributed by atoms with Crippen LogP contribution in [0.3, 0.4) is 0 Å². The minimum atomic E-state index is -0.942. The van der Waals surface area contributed by atoms with Gasteiger partial charge in [-0.15, -0.1) is 0 Å². The number of carbonyl (C=O) groups excluding carboxylic acids is 3. The van der Waals surface area contributed by atoms with Gasteiger partial charge in [-0.3, -0.25) is 9.59 Å². The van der Waals surface area contributed by atoms with Gasteiger partial charge >= 0.3 is 18.2 Å². The van der Waals surface area contributed by atoms with Crippen LogP contribution in [0.2, 0.25) is 0 Å². The van der Waals surface area contributed by atoms with Crippen LogP contribution in [0, 0.1) is 0 Å². The van der Waals surface area contributed by atoms with Gasteiger partial charge in [0, 0.05) is 39.0 Å². The quantitative estimate of drug-likeness (QED) is 0.393. The zero-order chi connectivity index (χ0) is 24.1. The van der Waals surface area contributed by atoms with E-state index in [1.165, 1.54) is 0 Å². The molecule has 10 nitrogen and oxygen atoms in total. The summed E-state index contributed by atoms with van der Waals surface area (Å²) in [4.78, 5) is 48.1. The van der Waals surface area contributed by atoms with Gasteiger partial charge in [-0.1, -0.05) is 0 Å². The van der Waals surface area contributed by atoms with Crippen LogP contribution in [0.4, 0.5) is 9.59 Å². The van der Waals surface area contributed by atoms with E-state index in [4.69, 9.17) is 14.6 Å². The van der Waals surface area contributed by atoms with E-state index in [0.29, 0.717) is 39.0 Å². The molecule has 3 N–H and O–H groups in total. The highest BCUT2D eigenvalue weighted by molar-refractivity contribution is 5.77. The number of carboxylic acid groups (broad SMARTS) is 1. The standard InChI is InChI=1S/C21H39N3O7/c1-20(2,3)30-18(28)22-12-8-14-24(16(25)10-7-11-17(26)27)15-9-13-23-19(29)31-21(4,5)6/h7-15H2,1-6H3,(H,22,28)(H,23,29)(H,26,27). The average molecular weight is 446 g/mol. The minimum Gasteiger partial charge on any atom is -0.481 e. The molecule has 0 aromatic rings. The summed E-state index contributed by atoms with van der Waals surface area (Å²) in [5.41, 5.74) is -1.17. The number of amides is 3. The smallest absolute Gasteiger partial charge is 0.407 e. The van der Waals surface area contributed by atoms with Gasteiger partial charge in [-0.2, -0.15) is 0 Å². The Balaban J connectivity index is 4.48. The summed E-state index contributed by atoms with van der Waals surface area (Å²) in [6.07, 6.45) is 0.316. The van der Waals surface area contributed by atoms with Gasteiger partial charge in [-0.25, -0.2) is 9.59 Å². The zero-order valence-electron chi connectivity index (χ0n) is 19.7. The monoisotopic (exact) mass is 445 g/mol. The summed E-state index contributed by atoms with van der Waals surface area (Å²) >= 11 is 0. The number of nitrogens with one attached hydrogen (secondary N) is 2. The molecule has 0 aliphatic heterocycles. The number of aliphatic carboxylic acids is 1. The van der Waals surface area contributed by atoms with Crippen LogP contribution in [-0.2, 0) is 19.1 Å². The lowest BCUT2D eigenvalue weighted by molar-refractivity contribution is -0.137. The topological polar surface area (TPSA) is 134 Å². The summed E-state index contributed by atoms with van der Waals surface area (Å²) in [6.45, 7) is 12.1. The molecule has 0 saturated carbocycles. The summed E-state index contributed by atoms with van der Waals surface area (Å²) in [5.74, 6) is -1.10. The Morgan fingerprint density at radius 2 is 1.16 bits per heavy atom. The number of hydrogen-bond acceptors (Lipinski definition) is 6. The molecule has 3 amide bonds. The van der Waals surface area contributed by atoms with E-state index in [-0.39, 0.29) is 25.2 Å². The van der Waals surface area contributed by atoms with Gasteiger partial charge in [0.15, 0.2) is 0 Å². The highest BCUT2D eigenvalue weighted by Gasteiger charge is 2.18. The Kier molecular flexibility index (Phi) is 12.6. The van der Waals surface area contributed by atoms with Crippen molar-refractivity contribution in [1.82, 2.24) is 15.5 Å². The number of carboxylic acids is 1.